The lowest BCUT2D eigenvalue weighted by Gasteiger charge is -2.20. The lowest BCUT2D eigenvalue weighted by atomic mass is 10.1. The number of para-hydroxylation sites is 2. The molecule has 0 saturated carbocycles. The highest BCUT2D eigenvalue weighted by Crippen LogP contribution is 2.33. The Kier molecular flexibility index (Phi) is 6.55. The zero-order valence-corrected chi connectivity index (χ0v) is 19.3. The Labute approximate surface area is 194 Å². The van der Waals surface area contributed by atoms with Gasteiger partial charge >= 0.3 is 0 Å². The molecule has 0 spiro atoms. The third kappa shape index (κ3) is 4.80. The van der Waals surface area contributed by atoms with Gasteiger partial charge in [-0.1, -0.05) is 36.4 Å². The molecule has 0 fully saturated rings. The van der Waals surface area contributed by atoms with E-state index in [1.807, 2.05) is 55.5 Å². The third-order valence-corrected chi connectivity index (χ3v) is 7.44. The quantitative estimate of drug-likeness (QED) is 0.547. The smallest absolute Gasteiger partial charge is 0.264 e. The van der Waals surface area contributed by atoms with Crippen LogP contribution in [0.25, 0.3) is 0 Å². The van der Waals surface area contributed by atoms with Crippen LogP contribution >= 0.6 is 0 Å². The second-order valence-electron chi connectivity index (χ2n) is 7.75. The van der Waals surface area contributed by atoms with E-state index in [0.717, 1.165) is 16.8 Å². The Bertz CT molecular complexity index is 1240. The first-order valence-corrected chi connectivity index (χ1v) is 12.1. The minimum atomic E-state index is -3.67. The number of hydrogen-bond donors (Lipinski definition) is 1. The molecule has 7 nitrogen and oxygen atoms in total. The molecule has 3 aromatic rings. The molecule has 33 heavy (non-hydrogen) atoms. The van der Waals surface area contributed by atoms with Gasteiger partial charge in [0.2, 0.25) is 0 Å². The molecule has 1 aliphatic heterocycles. The van der Waals surface area contributed by atoms with Gasteiger partial charge in [-0.05, 0) is 55.3 Å². The maximum Gasteiger partial charge on any atom is 0.264 e. The van der Waals surface area contributed by atoms with Gasteiger partial charge in [0.05, 0.1) is 23.7 Å². The van der Waals surface area contributed by atoms with E-state index in [1.54, 1.807) is 19.2 Å². The van der Waals surface area contributed by atoms with Gasteiger partial charge in [0.1, 0.15) is 11.5 Å². The first-order chi connectivity index (χ1) is 15.9. The summed E-state index contributed by atoms with van der Waals surface area (Å²) in [5.41, 5.74) is 2.61. The largest absolute Gasteiger partial charge is 0.496 e. The van der Waals surface area contributed by atoms with Crippen LogP contribution in [0.3, 0.4) is 0 Å². The van der Waals surface area contributed by atoms with Crippen molar-refractivity contribution < 1.29 is 22.7 Å². The fourth-order valence-electron chi connectivity index (χ4n) is 3.93. The molecule has 1 amide bonds. The van der Waals surface area contributed by atoms with E-state index in [4.69, 9.17) is 9.47 Å². The number of fused-ring (bicyclic) bond motifs is 1. The number of amides is 1. The Hall–Kier alpha value is -3.52. The number of methoxy groups -OCH3 is 1. The predicted octanol–water partition coefficient (Wildman–Crippen LogP) is 3.70. The Morgan fingerprint density at radius 1 is 1.03 bits per heavy atom. The summed E-state index contributed by atoms with van der Waals surface area (Å²) in [6, 6.07) is 20.9. The molecule has 0 aromatic heterocycles. The molecule has 0 saturated heterocycles. The van der Waals surface area contributed by atoms with Crippen molar-refractivity contribution >= 4 is 21.6 Å². The summed E-state index contributed by atoms with van der Waals surface area (Å²) in [7, 11) is -2.08. The zero-order chi connectivity index (χ0) is 23.4. The summed E-state index contributed by atoms with van der Waals surface area (Å²) in [6.45, 7) is 2.10. The van der Waals surface area contributed by atoms with Gasteiger partial charge in [-0.25, -0.2) is 8.42 Å². The van der Waals surface area contributed by atoms with E-state index in [-0.39, 0.29) is 23.5 Å². The van der Waals surface area contributed by atoms with E-state index in [9.17, 15) is 13.2 Å². The van der Waals surface area contributed by atoms with Gasteiger partial charge in [0, 0.05) is 12.1 Å². The molecule has 1 atom stereocenters. The van der Waals surface area contributed by atoms with E-state index < -0.39 is 10.0 Å². The van der Waals surface area contributed by atoms with Crippen LogP contribution in [0.15, 0.2) is 77.7 Å². The van der Waals surface area contributed by atoms with E-state index in [0.29, 0.717) is 24.5 Å². The molecule has 1 N–H and O–H groups in total. The molecular weight excluding hydrogens is 440 g/mol. The van der Waals surface area contributed by atoms with Crippen LogP contribution in [-0.4, -0.2) is 34.6 Å². The van der Waals surface area contributed by atoms with Crippen LogP contribution in [0.5, 0.6) is 11.5 Å². The second-order valence-corrected chi connectivity index (χ2v) is 9.61. The first kappa shape index (κ1) is 22.7. The van der Waals surface area contributed by atoms with Gasteiger partial charge in [0.25, 0.3) is 15.9 Å². The lowest BCUT2D eigenvalue weighted by Crippen LogP contribution is -2.31. The topological polar surface area (TPSA) is 84.9 Å². The maximum absolute atomic E-state index is 13.1. The Balaban J connectivity index is 1.37. The number of hydrogen-bond acceptors (Lipinski definition) is 5. The summed E-state index contributed by atoms with van der Waals surface area (Å²) in [6.07, 6.45) is 0.693. The number of nitrogens with one attached hydrogen (secondary N) is 1. The van der Waals surface area contributed by atoms with Crippen LogP contribution in [-0.2, 0) is 21.2 Å². The van der Waals surface area contributed by atoms with Gasteiger partial charge < -0.3 is 14.8 Å². The lowest BCUT2D eigenvalue weighted by molar-refractivity contribution is -0.123. The highest BCUT2D eigenvalue weighted by Gasteiger charge is 2.30. The third-order valence-electron chi connectivity index (χ3n) is 5.61. The minimum Gasteiger partial charge on any atom is -0.496 e. The number of ether oxygens (including phenoxy) is 2. The normalized spacial score (nSPS) is 13.8. The average molecular weight is 467 g/mol. The predicted molar refractivity (Wildman–Crippen MR) is 126 cm³/mol. The van der Waals surface area contributed by atoms with Crippen molar-refractivity contribution in [2.75, 3.05) is 24.6 Å². The van der Waals surface area contributed by atoms with Gasteiger partial charge in [-0.3, -0.25) is 9.10 Å². The average Bonchev–Trinajstić information content (AvgIpc) is 3.28. The van der Waals surface area contributed by atoms with Crippen LogP contribution in [0.1, 0.15) is 24.1 Å². The first-order valence-electron chi connectivity index (χ1n) is 10.7. The molecule has 0 bridgehead atoms. The Morgan fingerprint density at radius 2 is 1.73 bits per heavy atom. The van der Waals surface area contributed by atoms with E-state index in [1.165, 1.54) is 16.4 Å². The number of carbonyl (C=O) groups is 1. The van der Waals surface area contributed by atoms with Crippen molar-refractivity contribution in [2.45, 2.75) is 24.3 Å². The van der Waals surface area contributed by atoms with Gasteiger partial charge in [-0.15, -0.1) is 0 Å². The molecule has 8 heteroatoms. The number of anilines is 1. The molecule has 1 aliphatic rings. The fourth-order valence-corrected chi connectivity index (χ4v) is 5.43. The van der Waals surface area contributed by atoms with Crippen LogP contribution in [0, 0.1) is 0 Å². The van der Waals surface area contributed by atoms with Gasteiger partial charge in [-0.2, -0.15) is 0 Å². The highest BCUT2D eigenvalue weighted by atomic mass is 32.2. The monoisotopic (exact) mass is 466 g/mol. The highest BCUT2D eigenvalue weighted by molar-refractivity contribution is 7.92. The molecule has 1 heterocycles. The van der Waals surface area contributed by atoms with Crippen LogP contribution in [0.2, 0.25) is 0 Å². The van der Waals surface area contributed by atoms with Crippen molar-refractivity contribution in [1.82, 2.24) is 5.32 Å². The van der Waals surface area contributed by atoms with Crippen molar-refractivity contribution in [3.05, 3.63) is 83.9 Å². The summed E-state index contributed by atoms with van der Waals surface area (Å²) in [4.78, 5) is 12.5. The van der Waals surface area contributed by atoms with E-state index in [2.05, 4.69) is 5.32 Å². The maximum atomic E-state index is 13.1. The molecule has 0 radical (unpaired) electrons. The zero-order valence-electron chi connectivity index (χ0n) is 18.5. The molecule has 172 valence electrons. The number of nitrogens with zero attached hydrogens (tertiary/aromatic N) is 1. The molecule has 4 rings (SSSR count). The molecule has 1 unspecified atom stereocenters. The number of benzene rings is 3. The summed E-state index contributed by atoms with van der Waals surface area (Å²) in [5, 5.41) is 2.88. The fraction of sp³-hybridized carbons (Fsp3) is 0.240. The molecule has 3 aromatic carbocycles. The SMILES string of the molecule is COc1ccccc1C(C)NC(=O)COc1ccc(S(=O)(=O)N2CCc3ccccc32)cc1. The standard InChI is InChI=1S/C25H26N2O5S/c1-18(22-8-4-6-10-24(22)31-2)26-25(28)17-32-20-11-13-21(14-12-20)33(29,30)27-16-15-19-7-3-5-9-23(19)27/h3-14,18H,15-17H2,1-2H3,(H,26,28). The number of sulfonamides is 1. The molecular formula is C25H26N2O5S. The van der Waals surface area contributed by atoms with Gasteiger partial charge in [0.15, 0.2) is 6.61 Å². The van der Waals surface area contributed by atoms with Crippen molar-refractivity contribution in [2.24, 2.45) is 0 Å². The van der Waals surface area contributed by atoms with Crippen molar-refractivity contribution in [3.8, 4) is 11.5 Å². The molecule has 0 aliphatic carbocycles. The summed E-state index contributed by atoms with van der Waals surface area (Å²) >= 11 is 0. The van der Waals surface area contributed by atoms with E-state index >= 15 is 0 Å². The number of carbonyl (C=O) groups excluding carboxylic acids is 1. The minimum absolute atomic E-state index is 0.181. The van der Waals surface area contributed by atoms with Crippen LogP contribution in [0.4, 0.5) is 5.69 Å². The second kappa shape index (κ2) is 9.54. The van der Waals surface area contributed by atoms with Crippen molar-refractivity contribution in [1.29, 1.82) is 0 Å². The van der Waals surface area contributed by atoms with Crippen molar-refractivity contribution in [3.63, 3.8) is 0 Å². The Morgan fingerprint density at radius 3 is 2.48 bits per heavy atom. The van der Waals surface area contributed by atoms with Crippen LogP contribution < -0.4 is 19.1 Å². The number of rotatable bonds is 8. The summed E-state index contributed by atoms with van der Waals surface area (Å²) < 4.78 is 38.5. The summed E-state index contributed by atoms with van der Waals surface area (Å²) in [5.74, 6) is 0.818.